The molecule has 0 saturated heterocycles. The van der Waals surface area contributed by atoms with Gasteiger partial charge in [0, 0.05) is 12.6 Å². The van der Waals surface area contributed by atoms with Gasteiger partial charge in [0.25, 0.3) is 0 Å². The van der Waals surface area contributed by atoms with Crippen LogP contribution in [0.25, 0.3) is 0 Å². The van der Waals surface area contributed by atoms with Crippen molar-refractivity contribution in [2.45, 2.75) is 13.0 Å². The second kappa shape index (κ2) is 4.24. The van der Waals surface area contributed by atoms with E-state index in [0.717, 1.165) is 0 Å². The number of benzene rings is 1. The third-order valence-electron chi connectivity index (χ3n) is 2.03. The lowest BCUT2D eigenvalue weighted by molar-refractivity contribution is 0.605. The predicted molar refractivity (Wildman–Crippen MR) is 52.0 cm³/mol. The second-order valence-electron chi connectivity index (χ2n) is 2.99. The van der Waals surface area contributed by atoms with Crippen LogP contribution in [-0.4, -0.2) is 13.6 Å². The number of likely N-dealkylation sites (N-methyl/N-ethyl adjacent to an activating group) is 1. The zero-order valence-electron chi connectivity index (χ0n) is 7.67. The first kappa shape index (κ1) is 9.23. The van der Waals surface area contributed by atoms with Crippen molar-refractivity contribution < 1.29 is 0 Å². The number of nitrogens with one attached hydrogen (secondary N) is 1. The summed E-state index contributed by atoms with van der Waals surface area (Å²) >= 11 is 0. The Hall–Kier alpha value is -0.860. The minimum Gasteiger partial charge on any atom is -0.329 e. The molecule has 2 heteroatoms. The Morgan fingerprint density at radius 1 is 1.50 bits per heavy atom. The molecule has 0 saturated carbocycles. The van der Waals surface area contributed by atoms with Crippen LogP contribution >= 0.6 is 0 Å². The average molecular weight is 164 g/mol. The molecular formula is C10H16N2. The van der Waals surface area contributed by atoms with Crippen molar-refractivity contribution in [2.75, 3.05) is 13.6 Å². The molecule has 66 valence electrons. The van der Waals surface area contributed by atoms with Crippen LogP contribution in [0.4, 0.5) is 0 Å². The third kappa shape index (κ3) is 2.06. The molecule has 0 radical (unpaired) electrons. The molecule has 1 atom stereocenters. The molecule has 0 aliphatic carbocycles. The second-order valence-corrected chi connectivity index (χ2v) is 2.99. The first-order valence-corrected chi connectivity index (χ1v) is 4.22. The molecule has 3 N–H and O–H groups in total. The van der Waals surface area contributed by atoms with E-state index >= 15 is 0 Å². The maximum atomic E-state index is 5.60. The maximum Gasteiger partial charge on any atom is 0.0442 e. The van der Waals surface area contributed by atoms with Crippen LogP contribution in [0.2, 0.25) is 0 Å². The van der Waals surface area contributed by atoms with Crippen LogP contribution in [0.5, 0.6) is 0 Å². The van der Waals surface area contributed by atoms with E-state index in [0.29, 0.717) is 6.54 Å². The number of hydrogen-bond donors (Lipinski definition) is 2. The summed E-state index contributed by atoms with van der Waals surface area (Å²) in [5.74, 6) is 0. The Morgan fingerprint density at radius 2 is 2.25 bits per heavy atom. The fourth-order valence-electron chi connectivity index (χ4n) is 1.31. The van der Waals surface area contributed by atoms with Gasteiger partial charge in [0.1, 0.15) is 0 Å². The molecule has 0 aliphatic heterocycles. The van der Waals surface area contributed by atoms with Gasteiger partial charge in [-0.3, -0.25) is 0 Å². The fourth-order valence-corrected chi connectivity index (χ4v) is 1.31. The number of aryl methyl sites for hydroxylation is 1. The molecule has 0 spiro atoms. The molecule has 2 nitrogen and oxygen atoms in total. The van der Waals surface area contributed by atoms with Crippen LogP contribution in [0.3, 0.4) is 0 Å². The maximum absolute atomic E-state index is 5.60. The first-order chi connectivity index (χ1) is 5.77. The SMILES string of the molecule is CNC(CN)c1cccc(C)c1. The van der Waals surface area contributed by atoms with Crippen molar-refractivity contribution in [3.8, 4) is 0 Å². The van der Waals surface area contributed by atoms with Gasteiger partial charge in [-0.15, -0.1) is 0 Å². The Morgan fingerprint density at radius 3 is 2.75 bits per heavy atom. The summed E-state index contributed by atoms with van der Waals surface area (Å²) in [6, 6.07) is 8.69. The summed E-state index contributed by atoms with van der Waals surface area (Å²) in [6.45, 7) is 2.73. The summed E-state index contributed by atoms with van der Waals surface area (Å²) in [6.07, 6.45) is 0. The van der Waals surface area contributed by atoms with E-state index in [1.165, 1.54) is 11.1 Å². The average Bonchev–Trinajstić information content (AvgIpc) is 2.07. The highest BCUT2D eigenvalue weighted by atomic mass is 14.9. The lowest BCUT2D eigenvalue weighted by atomic mass is 10.1. The standard InChI is InChI=1S/C10H16N2/c1-8-4-3-5-9(6-8)10(7-11)12-2/h3-6,10,12H,7,11H2,1-2H3. The molecular weight excluding hydrogens is 148 g/mol. The summed E-state index contributed by atoms with van der Waals surface area (Å²) in [5, 5.41) is 3.17. The van der Waals surface area contributed by atoms with E-state index in [-0.39, 0.29) is 6.04 Å². The number of rotatable bonds is 3. The van der Waals surface area contributed by atoms with Crippen molar-refractivity contribution in [1.82, 2.24) is 5.32 Å². The molecule has 1 aromatic rings. The molecule has 1 unspecified atom stereocenters. The molecule has 0 aromatic heterocycles. The monoisotopic (exact) mass is 164 g/mol. The van der Waals surface area contributed by atoms with Gasteiger partial charge in [0.05, 0.1) is 0 Å². The quantitative estimate of drug-likeness (QED) is 0.704. The summed E-state index contributed by atoms with van der Waals surface area (Å²) in [4.78, 5) is 0. The smallest absolute Gasteiger partial charge is 0.0442 e. The van der Waals surface area contributed by atoms with Crippen LogP contribution < -0.4 is 11.1 Å². The van der Waals surface area contributed by atoms with Crippen LogP contribution in [0.15, 0.2) is 24.3 Å². The van der Waals surface area contributed by atoms with Crippen LogP contribution in [-0.2, 0) is 0 Å². The minimum atomic E-state index is 0.282. The van der Waals surface area contributed by atoms with Crippen molar-refractivity contribution in [3.05, 3.63) is 35.4 Å². The molecule has 0 fully saturated rings. The Bertz CT molecular complexity index is 241. The Balaban J connectivity index is 2.85. The lowest BCUT2D eigenvalue weighted by Crippen LogP contribution is -2.24. The van der Waals surface area contributed by atoms with Crippen molar-refractivity contribution in [3.63, 3.8) is 0 Å². The van der Waals surface area contributed by atoms with Gasteiger partial charge in [-0.05, 0) is 19.5 Å². The van der Waals surface area contributed by atoms with Gasteiger partial charge in [0.2, 0.25) is 0 Å². The van der Waals surface area contributed by atoms with Crippen LogP contribution in [0.1, 0.15) is 17.2 Å². The third-order valence-corrected chi connectivity index (χ3v) is 2.03. The van der Waals surface area contributed by atoms with E-state index in [9.17, 15) is 0 Å². The first-order valence-electron chi connectivity index (χ1n) is 4.22. The Kier molecular flexibility index (Phi) is 3.26. The van der Waals surface area contributed by atoms with Gasteiger partial charge in [0.15, 0.2) is 0 Å². The van der Waals surface area contributed by atoms with Gasteiger partial charge in [-0.25, -0.2) is 0 Å². The van der Waals surface area contributed by atoms with Gasteiger partial charge >= 0.3 is 0 Å². The molecule has 0 amide bonds. The summed E-state index contributed by atoms with van der Waals surface area (Å²) in [5.41, 5.74) is 8.15. The van der Waals surface area contributed by atoms with Gasteiger partial charge < -0.3 is 11.1 Å². The molecule has 0 bridgehead atoms. The van der Waals surface area contributed by atoms with E-state index < -0.39 is 0 Å². The van der Waals surface area contributed by atoms with E-state index in [1.807, 2.05) is 7.05 Å². The van der Waals surface area contributed by atoms with Gasteiger partial charge in [-0.2, -0.15) is 0 Å². The number of hydrogen-bond acceptors (Lipinski definition) is 2. The molecule has 0 aliphatic rings. The zero-order valence-corrected chi connectivity index (χ0v) is 7.67. The number of nitrogens with two attached hydrogens (primary N) is 1. The van der Waals surface area contributed by atoms with Crippen LogP contribution in [0, 0.1) is 6.92 Å². The highest BCUT2D eigenvalue weighted by Gasteiger charge is 2.05. The molecule has 12 heavy (non-hydrogen) atoms. The van der Waals surface area contributed by atoms with Gasteiger partial charge in [-0.1, -0.05) is 29.8 Å². The normalized spacial score (nSPS) is 12.9. The van der Waals surface area contributed by atoms with E-state index in [4.69, 9.17) is 5.73 Å². The summed E-state index contributed by atoms with van der Waals surface area (Å²) < 4.78 is 0. The highest BCUT2D eigenvalue weighted by molar-refractivity contribution is 5.25. The summed E-state index contributed by atoms with van der Waals surface area (Å²) in [7, 11) is 1.93. The molecule has 1 rings (SSSR count). The minimum absolute atomic E-state index is 0.282. The highest BCUT2D eigenvalue weighted by Crippen LogP contribution is 2.12. The largest absolute Gasteiger partial charge is 0.329 e. The van der Waals surface area contributed by atoms with E-state index in [2.05, 4.69) is 36.5 Å². The van der Waals surface area contributed by atoms with Crippen molar-refractivity contribution >= 4 is 0 Å². The van der Waals surface area contributed by atoms with Crippen molar-refractivity contribution in [1.29, 1.82) is 0 Å². The van der Waals surface area contributed by atoms with E-state index in [1.54, 1.807) is 0 Å². The van der Waals surface area contributed by atoms with Crippen molar-refractivity contribution in [2.24, 2.45) is 5.73 Å². The molecule has 0 heterocycles. The predicted octanol–water partition coefficient (Wildman–Crippen LogP) is 1.21. The zero-order chi connectivity index (χ0) is 8.97. The topological polar surface area (TPSA) is 38.0 Å². The lowest BCUT2D eigenvalue weighted by Gasteiger charge is -2.14. The fraction of sp³-hybridized carbons (Fsp3) is 0.400. The molecule has 1 aromatic carbocycles. The Labute approximate surface area is 73.8 Å².